The van der Waals surface area contributed by atoms with Gasteiger partial charge in [-0.1, -0.05) is 42.0 Å². The fraction of sp³-hybridized carbons (Fsp3) is 0.235. The van der Waals surface area contributed by atoms with Crippen LogP contribution in [0.15, 0.2) is 48.5 Å². The maximum atomic E-state index is 12.8. The summed E-state index contributed by atoms with van der Waals surface area (Å²) in [6.07, 6.45) is 1.05. The maximum absolute atomic E-state index is 12.8. The summed E-state index contributed by atoms with van der Waals surface area (Å²) in [6.45, 7) is 2.03. The first-order valence-electron chi connectivity index (χ1n) is 6.54. The Bertz CT molecular complexity index is 575. The summed E-state index contributed by atoms with van der Waals surface area (Å²) in [5, 5.41) is -0.707. The number of carbonyl (C=O) groups excluding carboxylic acids is 1. The Kier molecular flexibility index (Phi) is 4.91. The summed E-state index contributed by atoms with van der Waals surface area (Å²) in [5.41, 5.74) is 2.95. The van der Waals surface area contributed by atoms with Gasteiger partial charge in [-0.05, 0) is 36.6 Å². The van der Waals surface area contributed by atoms with E-state index in [1.165, 1.54) is 17.7 Å². The van der Waals surface area contributed by atoms with Crippen molar-refractivity contribution in [2.45, 2.75) is 25.1 Å². The lowest BCUT2D eigenvalue weighted by Crippen LogP contribution is -2.08. The SMILES string of the molecule is Cc1ccc(CCC(=O)C(Cl)c2ccc(F)cc2)cc1. The molecule has 2 rings (SSSR count). The fourth-order valence-corrected chi connectivity index (χ4v) is 2.22. The van der Waals surface area contributed by atoms with E-state index in [1.54, 1.807) is 12.1 Å². The van der Waals surface area contributed by atoms with Crippen molar-refractivity contribution in [3.63, 3.8) is 0 Å². The number of aryl methyl sites for hydroxylation is 2. The van der Waals surface area contributed by atoms with E-state index in [9.17, 15) is 9.18 Å². The Morgan fingerprint density at radius 1 is 1.10 bits per heavy atom. The number of benzene rings is 2. The molecule has 0 saturated heterocycles. The molecule has 0 aromatic heterocycles. The van der Waals surface area contributed by atoms with Crippen molar-refractivity contribution in [2.75, 3.05) is 0 Å². The predicted octanol–water partition coefficient (Wildman–Crippen LogP) is 4.62. The van der Waals surface area contributed by atoms with Crippen LogP contribution < -0.4 is 0 Å². The molecular formula is C17H16ClFO. The molecule has 0 aliphatic heterocycles. The Morgan fingerprint density at radius 2 is 1.70 bits per heavy atom. The second-order valence-electron chi connectivity index (χ2n) is 4.87. The quantitative estimate of drug-likeness (QED) is 0.735. The van der Waals surface area contributed by atoms with Crippen molar-refractivity contribution in [1.82, 2.24) is 0 Å². The zero-order valence-electron chi connectivity index (χ0n) is 11.3. The van der Waals surface area contributed by atoms with Crippen molar-refractivity contribution in [2.24, 2.45) is 0 Å². The van der Waals surface area contributed by atoms with E-state index in [0.29, 0.717) is 18.4 Å². The molecule has 2 aromatic carbocycles. The molecular weight excluding hydrogens is 275 g/mol. The largest absolute Gasteiger partial charge is 0.298 e. The molecule has 3 heteroatoms. The fourth-order valence-electron chi connectivity index (χ4n) is 1.97. The number of halogens is 2. The van der Waals surface area contributed by atoms with Crippen LogP contribution in [0.1, 0.15) is 28.5 Å². The van der Waals surface area contributed by atoms with Gasteiger partial charge in [0.1, 0.15) is 11.2 Å². The highest BCUT2D eigenvalue weighted by Gasteiger charge is 2.17. The van der Waals surface area contributed by atoms with Crippen LogP contribution in [0.25, 0.3) is 0 Å². The minimum absolute atomic E-state index is 0.0427. The van der Waals surface area contributed by atoms with Gasteiger partial charge in [0.2, 0.25) is 0 Å². The molecule has 0 heterocycles. The van der Waals surface area contributed by atoms with Gasteiger partial charge in [0.25, 0.3) is 0 Å². The van der Waals surface area contributed by atoms with Gasteiger partial charge in [0.05, 0.1) is 0 Å². The summed E-state index contributed by atoms with van der Waals surface area (Å²) >= 11 is 6.13. The van der Waals surface area contributed by atoms with Crippen molar-refractivity contribution >= 4 is 17.4 Å². The molecule has 0 fully saturated rings. The second kappa shape index (κ2) is 6.67. The van der Waals surface area contributed by atoms with Crippen molar-refractivity contribution in [3.8, 4) is 0 Å². The highest BCUT2D eigenvalue weighted by Crippen LogP contribution is 2.23. The lowest BCUT2D eigenvalue weighted by Gasteiger charge is -2.09. The number of alkyl halides is 1. The molecule has 0 N–H and O–H groups in total. The first-order valence-corrected chi connectivity index (χ1v) is 6.97. The molecule has 0 amide bonds. The predicted molar refractivity (Wildman–Crippen MR) is 79.5 cm³/mol. The van der Waals surface area contributed by atoms with Crippen molar-refractivity contribution in [1.29, 1.82) is 0 Å². The van der Waals surface area contributed by atoms with Crippen LogP contribution in [-0.2, 0) is 11.2 Å². The van der Waals surface area contributed by atoms with Gasteiger partial charge in [0, 0.05) is 6.42 Å². The molecule has 0 aliphatic carbocycles. The summed E-state index contributed by atoms with van der Waals surface area (Å²) in [4.78, 5) is 12.0. The monoisotopic (exact) mass is 290 g/mol. The van der Waals surface area contributed by atoms with Crippen LogP contribution in [0.3, 0.4) is 0 Å². The van der Waals surface area contributed by atoms with E-state index >= 15 is 0 Å². The third-order valence-corrected chi connectivity index (χ3v) is 3.72. The topological polar surface area (TPSA) is 17.1 Å². The minimum atomic E-state index is -0.707. The van der Waals surface area contributed by atoms with Crippen LogP contribution >= 0.6 is 11.6 Å². The Hall–Kier alpha value is -1.67. The summed E-state index contributed by atoms with van der Waals surface area (Å²) < 4.78 is 12.8. The van der Waals surface area contributed by atoms with Crippen molar-refractivity contribution in [3.05, 3.63) is 71.0 Å². The third kappa shape index (κ3) is 3.91. The van der Waals surface area contributed by atoms with Gasteiger partial charge in [-0.25, -0.2) is 4.39 Å². The first kappa shape index (κ1) is 14.7. The highest BCUT2D eigenvalue weighted by molar-refractivity contribution is 6.31. The van der Waals surface area contributed by atoms with Crippen LogP contribution in [0.5, 0.6) is 0 Å². The normalized spacial score (nSPS) is 12.2. The van der Waals surface area contributed by atoms with Gasteiger partial charge in [-0.3, -0.25) is 4.79 Å². The minimum Gasteiger partial charge on any atom is -0.298 e. The van der Waals surface area contributed by atoms with Gasteiger partial charge in [-0.2, -0.15) is 0 Å². The zero-order chi connectivity index (χ0) is 14.5. The molecule has 1 nitrogen and oxygen atoms in total. The molecule has 0 spiro atoms. The smallest absolute Gasteiger partial charge is 0.155 e. The second-order valence-corrected chi connectivity index (χ2v) is 5.30. The van der Waals surface area contributed by atoms with Crippen LogP contribution in [-0.4, -0.2) is 5.78 Å². The molecule has 2 aromatic rings. The van der Waals surface area contributed by atoms with E-state index in [-0.39, 0.29) is 11.6 Å². The number of hydrogen-bond acceptors (Lipinski definition) is 1. The molecule has 1 unspecified atom stereocenters. The number of carbonyl (C=O) groups is 1. The first-order chi connectivity index (χ1) is 9.56. The van der Waals surface area contributed by atoms with E-state index in [0.717, 1.165) is 5.56 Å². The summed E-state index contributed by atoms with van der Waals surface area (Å²) in [6, 6.07) is 13.8. The van der Waals surface area contributed by atoms with Crippen molar-refractivity contribution < 1.29 is 9.18 Å². The van der Waals surface area contributed by atoms with E-state index in [4.69, 9.17) is 11.6 Å². The summed E-state index contributed by atoms with van der Waals surface area (Å²) in [7, 11) is 0. The zero-order valence-corrected chi connectivity index (χ0v) is 12.0. The Balaban J connectivity index is 1.94. The molecule has 0 bridgehead atoms. The number of ketones is 1. The molecule has 0 aliphatic rings. The van der Waals surface area contributed by atoms with E-state index in [1.807, 2.05) is 31.2 Å². The Labute approximate surface area is 123 Å². The molecule has 104 valence electrons. The molecule has 0 radical (unpaired) electrons. The number of Topliss-reactive ketones (excluding diaryl/α,β-unsaturated/α-hetero) is 1. The van der Waals surface area contributed by atoms with Crippen LogP contribution in [0.2, 0.25) is 0 Å². The van der Waals surface area contributed by atoms with Crippen LogP contribution in [0, 0.1) is 12.7 Å². The van der Waals surface area contributed by atoms with Crippen LogP contribution in [0.4, 0.5) is 4.39 Å². The lowest BCUT2D eigenvalue weighted by molar-refractivity contribution is -0.118. The molecule has 20 heavy (non-hydrogen) atoms. The highest BCUT2D eigenvalue weighted by atomic mass is 35.5. The standard InChI is InChI=1S/C17H16ClFO/c1-12-2-4-13(5-3-12)6-11-16(20)17(18)14-7-9-15(19)10-8-14/h2-5,7-10,17H,6,11H2,1H3. The lowest BCUT2D eigenvalue weighted by atomic mass is 10.0. The van der Waals surface area contributed by atoms with E-state index in [2.05, 4.69) is 0 Å². The Morgan fingerprint density at radius 3 is 2.30 bits per heavy atom. The maximum Gasteiger partial charge on any atom is 0.155 e. The van der Waals surface area contributed by atoms with Gasteiger partial charge >= 0.3 is 0 Å². The van der Waals surface area contributed by atoms with Gasteiger partial charge < -0.3 is 0 Å². The number of rotatable bonds is 5. The summed E-state index contributed by atoms with van der Waals surface area (Å²) in [5.74, 6) is -0.372. The number of hydrogen-bond donors (Lipinski definition) is 0. The molecule has 0 saturated carbocycles. The van der Waals surface area contributed by atoms with E-state index < -0.39 is 5.38 Å². The average molecular weight is 291 g/mol. The molecule has 1 atom stereocenters. The third-order valence-electron chi connectivity index (χ3n) is 3.23. The van der Waals surface area contributed by atoms with Gasteiger partial charge in [0.15, 0.2) is 5.78 Å². The average Bonchev–Trinajstić information content (AvgIpc) is 2.46. The van der Waals surface area contributed by atoms with Gasteiger partial charge in [-0.15, -0.1) is 11.6 Å².